The number of thiazole rings is 1. The van der Waals surface area contributed by atoms with Gasteiger partial charge in [-0.25, -0.2) is 4.98 Å². The lowest BCUT2D eigenvalue weighted by molar-refractivity contribution is 0.632. The highest BCUT2D eigenvalue weighted by molar-refractivity contribution is 7.13. The zero-order valence-corrected chi connectivity index (χ0v) is 10.6. The van der Waals surface area contributed by atoms with Crippen LogP contribution in [0.4, 0.5) is 0 Å². The Hall–Kier alpha value is -1.26. The van der Waals surface area contributed by atoms with E-state index in [1.165, 1.54) is 24.1 Å². The molecule has 2 aromatic rings. The molecule has 0 aliphatic carbocycles. The van der Waals surface area contributed by atoms with Crippen molar-refractivity contribution in [3.05, 3.63) is 35.0 Å². The molecule has 2 aromatic heterocycles. The average Bonchev–Trinajstić information content (AvgIpc) is 3.00. The predicted molar refractivity (Wildman–Crippen MR) is 70.1 cm³/mol. The van der Waals surface area contributed by atoms with Crippen LogP contribution in [0, 0.1) is 6.92 Å². The summed E-state index contributed by atoms with van der Waals surface area (Å²) in [5.74, 6) is 0. The van der Waals surface area contributed by atoms with Crippen LogP contribution >= 0.6 is 11.3 Å². The topological polar surface area (TPSA) is 37.8 Å². The fraction of sp³-hybridized carbons (Fsp3) is 0.385. The molecule has 0 aromatic carbocycles. The molecular formula is C13H15N3S. The molecule has 0 spiro atoms. The first-order valence-corrected chi connectivity index (χ1v) is 6.83. The maximum atomic E-state index is 4.70. The van der Waals surface area contributed by atoms with Crippen LogP contribution in [-0.4, -0.2) is 16.5 Å². The molecule has 0 saturated carbocycles. The number of pyridine rings is 1. The van der Waals surface area contributed by atoms with Gasteiger partial charge in [0.1, 0.15) is 5.01 Å². The molecule has 1 aliphatic heterocycles. The summed E-state index contributed by atoms with van der Waals surface area (Å²) in [6.07, 6.45) is 4.30. The van der Waals surface area contributed by atoms with Crippen molar-refractivity contribution in [1.29, 1.82) is 0 Å². The first kappa shape index (κ1) is 10.9. The minimum atomic E-state index is 0.449. The van der Waals surface area contributed by atoms with E-state index in [1.807, 2.05) is 12.3 Å². The van der Waals surface area contributed by atoms with Crippen LogP contribution in [0.25, 0.3) is 10.7 Å². The van der Waals surface area contributed by atoms with E-state index in [4.69, 9.17) is 4.98 Å². The number of rotatable bonds is 2. The van der Waals surface area contributed by atoms with Crippen LogP contribution in [0.1, 0.15) is 30.1 Å². The molecule has 1 aliphatic rings. The molecule has 3 rings (SSSR count). The van der Waals surface area contributed by atoms with Crippen molar-refractivity contribution < 1.29 is 0 Å². The quantitative estimate of drug-likeness (QED) is 0.884. The van der Waals surface area contributed by atoms with Crippen molar-refractivity contribution in [2.45, 2.75) is 25.8 Å². The summed E-state index contributed by atoms with van der Waals surface area (Å²) in [6, 6.07) is 4.55. The van der Waals surface area contributed by atoms with E-state index < -0.39 is 0 Å². The van der Waals surface area contributed by atoms with Crippen LogP contribution in [0.5, 0.6) is 0 Å². The summed E-state index contributed by atoms with van der Waals surface area (Å²) >= 11 is 1.68. The average molecular weight is 245 g/mol. The monoisotopic (exact) mass is 245 g/mol. The third-order valence-corrected chi connectivity index (χ3v) is 3.96. The molecule has 0 amide bonds. The number of aryl methyl sites for hydroxylation is 1. The zero-order chi connectivity index (χ0) is 11.7. The van der Waals surface area contributed by atoms with Gasteiger partial charge in [-0.1, -0.05) is 0 Å². The van der Waals surface area contributed by atoms with Gasteiger partial charge in [-0.2, -0.15) is 0 Å². The highest BCUT2D eigenvalue weighted by atomic mass is 32.1. The van der Waals surface area contributed by atoms with Crippen molar-refractivity contribution in [1.82, 2.24) is 15.3 Å². The maximum absolute atomic E-state index is 4.70. The molecule has 3 nitrogen and oxygen atoms in total. The molecule has 1 fully saturated rings. The smallest absolute Gasteiger partial charge is 0.142 e. The summed E-state index contributed by atoms with van der Waals surface area (Å²) < 4.78 is 0. The normalized spacial score (nSPS) is 19.7. The van der Waals surface area contributed by atoms with Gasteiger partial charge in [0, 0.05) is 11.6 Å². The van der Waals surface area contributed by atoms with Gasteiger partial charge in [0.15, 0.2) is 0 Å². The van der Waals surface area contributed by atoms with E-state index in [0.717, 1.165) is 17.2 Å². The van der Waals surface area contributed by atoms with E-state index in [9.17, 15) is 0 Å². The Morgan fingerprint density at radius 2 is 2.41 bits per heavy atom. The molecule has 1 unspecified atom stereocenters. The maximum Gasteiger partial charge on any atom is 0.142 e. The summed E-state index contributed by atoms with van der Waals surface area (Å²) in [4.78, 5) is 9.07. The molecule has 1 saturated heterocycles. The van der Waals surface area contributed by atoms with Crippen LogP contribution in [0.2, 0.25) is 0 Å². The Morgan fingerprint density at radius 3 is 3.18 bits per heavy atom. The fourth-order valence-electron chi connectivity index (χ4n) is 2.15. The molecule has 0 bridgehead atoms. The molecule has 3 heterocycles. The standard InChI is InChI=1S/C13H15N3S/c1-9-4-6-15-11(7-9)13-16-12(8-17-13)10-3-2-5-14-10/h4,6-8,10,14H,2-3,5H2,1H3. The van der Waals surface area contributed by atoms with Gasteiger partial charge in [0.05, 0.1) is 17.4 Å². The largest absolute Gasteiger partial charge is 0.309 e. The number of hydrogen-bond acceptors (Lipinski definition) is 4. The summed E-state index contributed by atoms with van der Waals surface area (Å²) in [5.41, 5.74) is 3.38. The van der Waals surface area contributed by atoms with Crippen LogP contribution in [0.3, 0.4) is 0 Å². The Morgan fingerprint density at radius 1 is 1.47 bits per heavy atom. The molecule has 17 heavy (non-hydrogen) atoms. The molecule has 0 radical (unpaired) electrons. The van der Waals surface area contributed by atoms with Gasteiger partial charge in [0.25, 0.3) is 0 Å². The predicted octanol–water partition coefficient (Wildman–Crippen LogP) is 2.94. The van der Waals surface area contributed by atoms with Crippen molar-refractivity contribution >= 4 is 11.3 Å². The second-order valence-electron chi connectivity index (χ2n) is 4.44. The second-order valence-corrected chi connectivity index (χ2v) is 5.30. The molecule has 1 atom stereocenters. The zero-order valence-electron chi connectivity index (χ0n) is 9.81. The molecule has 88 valence electrons. The lowest BCUT2D eigenvalue weighted by Crippen LogP contribution is -2.12. The van der Waals surface area contributed by atoms with Gasteiger partial charge >= 0.3 is 0 Å². The Kier molecular flexibility index (Phi) is 2.91. The van der Waals surface area contributed by atoms with Crippen molar-refractivity contribution in [2.24, 2.45) is 0 Å². The van der Waals surface area contributed by atoms with E-state index in [1.54, 1.807) is 11.3 Å². The molecular weight excluding hydrogens is 230 g/mol. The Balaban J connectivity index is 1.89. The van der Waals surface area contributed by atoms with E-state index >= 15 is 0 Å². The Bertz CT molecular complexity index is 515. The first-order valence-electron chi connectivity index (χ1n) is 5.95. The van der Waals surface area contributed by atoms with Gasteiger partial charge in [-0.3, -0.25) is 4.98 Å². The minimum Gasteiger partial charge on any atom is -0.309 e. The van der Waals surface area contributed by atoms with Crippen molar-refractivity contribution in [3.8, 4) is 10.7 Å². The van der Waals surface area contributed by atoms with Crippen molar-refractivity contribution in [3.63, 3.8) is 0 Å². The third-order valence-electron chi connectivity index (χ3n) is 3.07. The number of aromatic nitrogens is 2. The highest BCUT2D eigenvalue weighted by Gasteiger charge is 2.19. The van der Waals surface area contributed by atoms with Crippen molar-refractivity contribution in [2.75, 3.05) is 6.54 Å². The van der Waals surface area contributed by atoms with Gasteiger partial charge in [0.2, 0.25) is 0 Å². The van der Waals surface area contributed by atoms with Gasteiger partial charge < -0.3 is 5.32 Å². The third kappa shape index (κ3) is 2.23. The number of hydrogen-bond donors (Lipinski definition) is 1. The first-order chi connectivity index (χ1) is 8.33. The van der Waals surface area contributed by atoms with Gasteiger partial charge in [-0.15, -0.1) is 11.3 Å². The lowest BCUT2D eigenvalue weighted by Gasteiger charge is -2.04. The van der Waals surface area contributed by atoms with E-state index in [0.29, 0.717) is 6.04 Å². The minimum absolute atomic E-state index is 0.449. The number of nitrogens with one attached hydrogen (secondary N) is 1. The van der Waals surface area contributed by atoms with Crippen LogP contribution in [0.15, 0.2) is 23.7 Å². The fourth-order valence-corrected chi connectivity index (χ4v) is 2.99. The second kappa shape index (κ2) is 4.55. The molecule has 4 heteroatoms. The SMILES string of the molecule is Cc1ccnc(-c2nc(C3CCCN3)cs2)c1. The van der Waals surface area contributed by atoms with Crippen LogP contribution < -0.4 is 5.32 Å². The number of nitrogens with zero attached hydrogens (tertiary/aromatic N) is 2. The summed E-state index contributed by atoms with van der Waals surface area (Å²) in [7, 11) is 0. The van der Waals surface area contributed by atoms with E-state index in [2.05, 4.69) is 28.7 Å². The Labute approximate surface area is 105 Å². The van der Waals surface area contributed by atoms with Crippen LogP contribution in [-0.2, 0) is 0 Å². The lowest BCUT2D eigenvalue weighted by atomic mass is 10.2. The van der Waals surface area contributed by atoms with Gasteiger partial charge in [-0.05, 0) is 44.0 Å². The summed E-state index contributed by atoms with van der Waals surface area (Å²) in [6.45, 7) is 3.19. The highest BCUT2D eigenvalue weighted by Crippen LogP contribution is 2.28. The molecule has 1 N–H and O–H groups in total. The van der Waals surface area contributed by atoms with E-state index in [-0.39, 0.29) is 0 Å². The summed E-state index contributed by atoms with van der Waals surface area (Å²) in [5, 5.41) is 6.65.